The van der Waals surface area contributed by atoms with Crippen LogP contribution in [0.3, 0.4) is 0 Å². The molecule has 0 radical (unpaired) electrons. The van der Waals surface area contributed by atoms with E-state index in [0.29, 0.717) is 0 Å². The van der Waals surface area contributed by atoms with Crippen molar-refractivity contribution >= 4 is 21.8 Å². The van der Waals surface area contributed by atoms with Gasteiger partial charge in [0.15, 0.2) is 0 Å². The first kappa shape index (κ1) is 9.04. The summed E-state index contributed by atoms with van der Waals surface area (Å²) in [6.45, 7) is 2.79. The van der Waals surface area contributed by atoms with Crippen LogP contribution in [0.2, 0.25) is 0 Å². The fourth-order valence-electron chi connectivity index (χ4n) is 1.19. The lowest BCUT2D eigenvalue weighted by atomic mass is 9.84. The van der Waals surface area contributed by atoms with Crippen molar-refractivity contribution in [1.29, 1.82) is 0 Å². The zero-order valence-corrected chi connectivity index (χ0v) is 8.65. The predicted molar refractivity (Wildman–Crippen MR) is 48.8 cm³/mol. The maximum Gasteiger partial charge on any atom is 0.239 e. The number of halogens is 1. The molecular formula is C8H14BrNO. The molecule has 0 bridgehead atoms. The van der Waals surface area contributed by atoms with Gasteiger partial charge in [0, 0.05) is 13.6 Å². The molecule has 64 valence electrons. The van der Waals surface area contributed by atoms with E-state index in [9.17, 15) is 4.79 Å². The molecule has 0 heterocycles. The Morgan fingerprint density at radius 1 is 1.64 bits per heavy atom. The van der Waals surface area contributed by atoms with Gasteiger partial charge in [-0.3, -0.25) is 4.79 Å². The summed E-state index contributed by atoms with van der Waals surface area (Å²) >= 11 is 3.48. The van der Waals surface area contributed by atoms with Crippen LogP contribution in [-0.4, -0.2) is 28.7 Å². The fraction of sp³-hybridized carbons (Fsp3) is 0.875. The highest BCUT2D eigenvalue weighted by Gasteiger charge is 2.42. The molecule has 1 amide bonds. The first-order valence-electron chi connectivity index (χ1n) is 4.04. The minimum absolute atomic E-state index is 0.197. The molecule has 11 heavy (non-hydrogen) atoms. The number of rotatable bonds is 2. The molecular weight excluding hydrogens is 206 g/mol. The lowest BCUT2D eigenvalue weighted by molar-refractivity contribution is -0.134. The standard InChI is InChI=1S/C8H14BrNO/c1-3-10(2)7(11)8(9)5-4-6-8/h3-6H2,1-2H3. The molecule has 2 nitrogen and oxygen atoms in total. The summed E-state index contributed by atoms with van der Waals surface area (Å²) in [5.41, 5.74) is 0. The van der Waals surface area contributed by atoms with Crippen LogP contribution in [0, 0.1) is 0 Å². The van der Waals surface area contributed by atoms with E-state index in [1.807, 2.05) is 14.0 Å². The van der Waals surface area contributed by atoms with Gasteiger partial charge < -0.3 is 4.90 Å². The van der Waals surface area contributed by atoms with Crippen molar-refractivity contribution in [3.05, 3.63) is 0 Å². The van der Waals surface area contributed by atoms with Gasteiger partial charge in [-0.1, -0.05) is 15.9 Å². The molecule has 0 saturated heterocycles. The number of hydrogen-bond donors (Lipinski definition) is 0. The average molecular weight is 220 g/mol. The largest absolute Gasteiger partial charge is 0.345 e. The molecule has 0 aromatic heterocycles. The molecule has 0 N–H and O–H groups in total. The van der Waals surface area contributed by atoms with Gasteiger partial charge >= 0.3 is 0 Å². The molecule has 0 atom stereocenters. The summed E-state index contributed by atoms with van der Waals surface area (Å²) < 4.78 is -0.197. The molecule has 0 aromatic carbocycles. The van der Waals surface area contributed by atoms with Gasteiger partial charge in [-0.25, -0.2) is 0 Å². The SMILES string of the molecule is CCN(C)C(=O)C1(Br)CCC1. The second-order valence-electron chi connectivity index (χ2n) is 3.14. The lowest BCUT2D eigenvalue weighted by Crippen LogP contribution is -2.47. The molecule has 1 aliphatic rings. The van der Waals surface area contributed by atoms with Crippen LogP contribution >= 0.6 is 15.9 Å². The number of carbonyl (C=O) groups excluding carboxylic acids is 1. The highest BCUT2D eigenvalue weighted by Crippen LogP contribution is 2.41. The topological polar surface area (TPSA) is 20.3 Å². The summed E-state index contributed by atoms with van der Waals surface area (Å²) in [7, 11) is 1.85. The Hall–Kier alpha value is -0.0500. The number of carbonyl (C=O) groups is 1. The van der Waals surface area contributed by atoms with Gasteiger partial charge in [0.25, 0.3) is 0 Å². The summed E-state index contributed by atoms with van der Waals surface area (Å²) in [5, 5.41) is 0. The number of hydrogen-bond acceptors (Lipinski definition) is 1. The Morgan fingerprint density at radius 3 is 2.45 bits per heavy atom. The molecule has 0 unspecified atom stereocenters. The monoisotopic (exact) mass is 219 g/mol. The first-order chi connectivity index (χ1) is 5.10. The second kappa shape index (κ2) is 3.13. The van der Waals surface area contributed by atoms with Crippen LogP contribution in [0.5, 0.6) is 0 Å². The van der Waals surface area contributed by atoms with Crippen LogP contribution < -0.4 is 0 Å². The number of nitrogens with zero attached hydrogens (tertiary/aromatic N) is 1. The van der Waals surface area contributed by atoms with Crippen LogP contribution in [0.4, 0.5) is 0 Å². The summed E-state index contributed by atoms with van der Waals surface area (Å²) in [6, 6.07) is 0. The molecule has 1 saturated carbocycles. The van der Waals surface area contributed by atoms with Crippen LogP contribution in [0.1, 0.15) is 26.2 Å². The highest BCUT2D eigenvalue weighted by molar-refractivity contribution is 9.10. The van der Waals surface area contributed by atoms with Crippen molar-refractivity contribution in [1.82, 2.24) is 4.90 Å². The lowest BCUT2D eigenvalue weighted by Gasteiger charge is -2.37. The van der Waals surface area contributed by atoms with Gasteiger partial charge in [0.1, 0.15) is 4.32 Å². The third-order valence-electron chi connectivity index (χ3n) is 2.35. The van der Waals surface area contributed by atoms with Crippen molar-refractivity contribution in [2.24, 2.45) is 0 Å². The fourth-order valence-corrected chi connectivity index (χ4v) is 2.05. The zero-order valence-electron chi connectivity index (χ0n) is 7.06. The molecule has 1 rings (SSSR count). The molecule has 1 fully saturated rings. The van der Waals surface area contributed by atoms with Crippen LogP contribution in [-0.2, 0) is 4.79 Å². The van der Waals surface area contributed by atoms with Gasteiger partial charge in [-0.05, 0) is 26.2 Å². The van der Waals surface area contributed by atoms with Gasteiger partial charge in [0.2, 0.25) is 5.91 Å². The maximum absolute atomic E-state index is 11.6. The minimum Gasteiger partial charge on any atom is -0.345 e. The zero-order chi connectivity index (χ0) is 8.48. The van der Waals surface area contributed by atoms with Gasteiger partial charge in [0.05, 0.1) is 0 Å². The normalized spacial score (nSPS) is 20.6. The van der Waals surface area contributed by atoms with Crippen molar-refractivity contribution in [2.45, 2.75) is 30.5 Å². The summed E-state index contributed by atoms with van der Waals surface area (Å²) in [6.07, 6.45) is 3.17. The van der Waals surface area contributed by atoms with Crippen molar-refractivity contribution < 1.29 is 4.79 Å². The number of alkyl halides is 1. The Bertz CT molecular complexity index is 165. The highest BCUT2D eigenvalue weighted by atomic mass is 79.9. The van der Waals surface area contributed by atoms with Crippen LogP contribution in [0.15, 0.2) is 0 Å². The Labute approximate surface area is 76.1 Å². The van der Waals surface area contributed by atoms with E-state index in [4.69, 9.17) is 0 Å². The van der Waals surface area contributed by atoms with Crippen LogP contribution in [0.25, 0.3) is 0 Å². The predicted octanol–water partition coefficient (Wildman–Crippen LogP) is 1.78. The van der Waals surface area contributed by atoms with E-state index in [1.54, 1.807) is 4.90 Å². The third-order valence-corrected chi connectivity index (χ3v) is 3.48. The molecule has 3 heteroatoms. The average Bonchev–Trinajstić information content (AvgIpc) is 1.97. The Morgan fingerprint density at radius 2 is 2.18 bits per heavy atom. The molecule has 0 spiro atoms. The van der Waals surface area contributed by atoms with Gasteiger partial charge in [-0.2, -0.15) is 0 Å². The first-order valence-corrected chi connectivity index (χ1v) is 4.84. The summed E-state index contributed by atoms with van der Waals surface area (Å²) in [4.78, 5) is 13.3. The Balaban J connectivity index is 2.52. The van der Waals surface area contributed by atoms with E-state index in [-0.39, 0.29) is 10.2 Å². The van der Waals surface area contributed by atoms with E-state index >= 15 is 0 Å². The molecule has 1 aliphatic carbocycles. The van der Waals surface area contributed by atoms with Crippen molar-refractivity contribution in [2.75, 3.05) is 13.6 Å². The summed E-state index contributed by atoms with van der Waals surface area (Å²) in [5.74, 6) is 0.242. The quantitative estimate of drug-likeness (QED) is 0.649. The van der Waals surface area contributed by atoms with E-state index in [0.717, 1.165) is 19.4 Å². The molecule has 0 aromatic rings. The minimum atomic E-state index is -0.197. The third kappa shape index (κ3) is 1.58. The smallest absolute Gasteiger partial charge is 0.239 e. The van der Waals surface area contributed by atoms with Crippen molar-refractivity contribution in [3.8, 4) is 0 Å². The van der Waals surface area contributed by atoms with E-state index in [2.05, 4.69) is 15.9 Å². The number of amides is 1. The van der Waals surface area contributed by atoms with E-state index < -0.39 is 0 Å². The van der Waals surface area contributed by atoms with Crippen molar-refractivity contribution in [3.63, 3.8) is 0 Å². The second-order valence-corrected chi connectivity index (χ2v) is 4.66. The molecule has 0 aliphatic heterocycles. The maximum atomic E-state index is 11.6. The Kier molecular flexibility index (Phi) is 2.58. The van der Waals surface area contributed by atoms with E-state index in [1.165, 1.54) is 6.42 Å². The van der Waals surface area contributed by atoms with Gasteiger partial charge in [-0.15, -0.1) is 0 Å².